The molecule has 0 radical (unpaired) electrons. The Hall–Kier alpha value is -1.43. The molecule has 6 heteroatoms. The number of nitrogens with zero attached hydrogens (tertiary/aromatic N) is 1. The van der Waals surface area contributed by atoms with Gasteiger partial charge in [-0.1, -0.05) is 0 Å². The van der Waals surface area contributed by atoms with Gasteiger partial charge in [-0.15, -0.1) is 0 Å². The first kappa shape index (κ1) is 11.6. The molecule has 1 aliphatic rings. The number of carboxylic acids is 1. The van der Waals surface area contributed by atoms with Crippen LogP contribution in [0.1, 0.15) is 19.3 Å². The monoisotopic (exact) mass is 215 g/mol. The molecule has 0 aromatic heterocycles. The van der Waals surface area contributed by atoms with Gasteiger partial charge in [0, 0.05) is 20.0 Å². The van der Waals surface area contributed by atoms with Crippen LogP contribution in [0.25, 0.3) is 0 Å². The Kier molecular flexibility index (Phi) is 3.79. The van der Waals surface area contributed by atoms with Gasteiger partial charge in [-0.25, -0.2) is 0 Å². The van der Waals surface area contributed by atoms with Crippen LogP contribution < -0.4 is 0 Å². The summed E-state index contributed by atoms with van der Waals surface area (Å²) < 4.78 is 4.89. The van der Waals surface area contributed by atoms with Gasteiger partial charge in [0.05, 0.1) is 19.1 Å². The van der Waals surface area contributed by atoms with Gasteiger partial charge >= 0.3 is 5.97 Å². The average Bonchev–Trinajstić information content (AvgIpc) is 2.47. The largest absolute Gasteiger partial charge is 0.481 e. The van der Waals surface area contributed by atoms with E-state index in [1.54, 1.807) is 0 Å². The summed E-state index contributed by atoms with van der Waals surface area (Å²) in [7, 11) is 1.36. The fraction of sp³-hybridized carbons (Fsp3) is 0.667. The molecule has 2 amide bonds. The van der Waals surface area contributed by atoms with Crippen LogP contribution in [0.5, 0.6) is 0 Å². The van der Waals surface area contributed by atoms with Gasteiger partial charge in [-0.2, -0.15) is 0 Å². The van der Waals surface area contributed by atoms with Crippen molar-refractivity contribution in [2.75, 3.05) is 13.7 Å². The summed E-state index contributed by atoms with van der Waals surface area (Å²) >= 11 is 0. The minimum Gasteiger partial charge on any atom is -0.481 e. The third kappa shape index (κ3) is 3.02. The van der Waals surface area contributed by atoms with Crippen molar-refractivity contribution in [2.45, 2.75) is 25.4 Å². The smallest absolute Gasteiger partial charge is 0.306 e. The number of methoxy groups -OCH3 is 1. The van der Waals surface area contributed by atoms with E-state index in [9.17, 15) is 14.4 Å². The van der Waals surface area contributed by atoms with Crippen LogP contribution in [0.15, 0.2) is 0 Å². The second kappa shape index (κ2) is 4.88. The van der Waals surface area contributed by atoms with E-state index in [1.807, 2.05) is 0 Å². The van der Waals surface area contributed by atoms with Crippen molar-refractivity contribution in [2.24, 2.45) is 0 Å². The Bertz CT molecular complexity index is 272. The zero-order chi connectivity index (χ0) is 11.4. The lowest BCUT2D eigenvalue weighted by Gasteiger charge is -2.19. The Morgan fingerprint density at radius 1 is 1.47 bits per heavy atom. The Labute approximate surface area is 86.8 Å². The van der Waals surface area contributed by atoms with Crippen LogP contribution in [-0.4, -0.2) is 47.5 Å². The van der Waals surface area contributed by atoms with Gasteiger partial charge in [0.1, 0.15) is 0 Å². The van der Waals surface area contributed by atoms with Gasteiger partial charge in [0.25, 0.3) is 0 Å². The second-order valence-electron chi connectivity index (χ2n) is 3.35. The molecule has 6 nitrogen and oxygen atoms in total. The first-order valence-electron chi connectivity index (χ1n) is 4.62. The van der Waals surface area contributed by atoms with E-state index in [0.717, 1.165) is 4.90 Å². The van der Waals surface area contributed by atoms with Gasteiger partial charge in [0.15, 0.2) is 0 Å². The van der Waals surface area contributed by atoms with Crippen LogP contribution in [-0.2, 0) is 19.1 Å². The predicted molar refractivity (Wildman–Crippen MR) is 49.0 cm³/mol. The van der Waals surface area contributed by atoms with E-state index >= 15 is 0 Å². The lowest BCUT2D eigenvalue weighted by molar-refractivity contribution is -0.145. The predicted octanol–water partition coefficient (Wildman–Crippen LogP) is -0.375. The molecular weight excluding hydrogens is 202 g/mol. The number of carbonyl (C=O) groups excluding carboxylic acids is 2. The van der Waals surface area contributed by atoms with Gasteiger partial charge in [-0.3, -0.25) is 19.3 Å². The topological polar surface area (TPSA) is 83.9 Å². The molecule has 1 saturated heterocycles. The zero-order valence-electron chi connectivity index (χ0n) is 8.43. The molecule has 1 N–H and O–H groups in total. The number of likely N-dealkylation sites (tertiary alicyclic amines) is 1. The summed E-state index contributed by atoms with van der Waals surface area (Å²) in [4.78, 5) is 34.0. The lowest BCUT2D eigenvalue weighted by atomic mass is 10.2. The van der Waals surface area contributed by atoms with E-state index in [2.05, 4.69) is 0 Å². The maximum Gasteiger partial charge on any atom is 0.306 e. The van der Waals surface area contributed by atoms with Crippen molar-refractivity contribution >= 4 is 17.8 Å². The summed E-state index contributed by atoms with van der Waals surface area (Å²) in [6.07, 6.45) is -0.424. The maximum absolute atomic E-state index is 11.2. The van der Waals surface area contributed by atoms with Gasteiger partial charge < -0.3 is 9.84 Å². The zero-order valence-corrected chi connectivity index (χ0v) is 8.43. The number of ether oxygens (including phenoxy) is 1. The number of aliphatic carboxylic acids is 1. The number of carbonyl (C=O) groups is 3. The van der Waals surface area contributed by atoms with Crippen molar-refractivity contribution in [3.8, 4) is 0 Å². The highest BCUT2D eigenvalue weighted by molar-refractivity contribution is 6.01. The number of carboxylic acid groups (broad SMARTS) is 1. The number of hydrogen-bond donors (Lipinski definition) is 1. The SMILES string of the molecule is COC(CC(=O)O)CN1C(=O)CCC1=O. The fourth-order valence-electron chi connectivity index (χ4n) is 1.45. The van der Waals surface area contributed by atoms with Crippen molar-refractivity contribution in [1.29, 1.82) is 0 Å². The quantitative estimate of drug-likeness (QED) is 0.632. The molecule has 0 bridgehead atoms. The first-order valence-corrected chi connectivity index (χ1v) is 4.62. The minimum atomic E-state index is -1.01. The molecule has 1 rings (SSSR count). The molecule has 0 aromatic rings. The Balaban J connectivity index is 2.54. The van der Waals surface area contributed by atoms with Crippen molar-refractivity contribution in [1.82, 2.24) is 4.90 Å². The summed E-state index contributed by atoms with van der Waals surface area (Å²) in [6.45, 7) is 0.0282. The summed E-state index contributed by atoms with van der Waals surface area (Å²) in [5.74, 6) is -1.53. The van der Waals surface area contributed by atoms with Crippen LogP contribution in [0, 0.1) is 0 Å². The highest BCUT2D eigenvalue weighted by Gasteiger charge is 2.31. The van der Waals surface area contributed by atoms with Crippen molar-refractivity contribution in [3.05, 3.63) is 0 Å². The maximum atomic E-state index is 11.2. The third-order valence-corrected chi connectivity index (χ3v) is 2.28. The van der Waals surface area contributed by atoms with Crippen LogP contribution in [0.3, 0.4) is 0 Å². The minimum absolute atomic E-state index is 0.0282. The molecule has 1 unspecified atom stereocenters. The lowest BCUT2D eigenvalue weighted by Crippen LogP contribution is -2.38. The van der Waals surface area contributed by atoms with Crippen LogP contribution >= 0.6 is 0 Å². The second-order valence-corrected chi connectivity index (χ2v) is 3.35. The molecule has 0 aromatic carbocycles. The molecule has 1 atom stereocenters. The van der Waals surface area contributed by atoms with E-state index in [4.69, 9.17) is 9.84 Å². The van der Waals surface area contributed by atoms with E-state index in [1.165, 1.54) is 7.11 Å². The van der Waals surface area contributed by atoms with E-state index in [-0.39, 0.29) is 37.6 Å². The fourth-order valence-corrected chi connectivity index (χ4v) is 1.45. The number of amides is 2. The average molecular weight is 215 g/mol. The standard InChI is InChI=1S/C9H13NO5/c1-15-6(4-9(13)14)5-10-7(11)2-3-8(10)12/h6H,2-5H2,1H3,(H,13,14). The number of imide groups is 1. The Morgan fingerprint density at radius 3 is 2.40 bits per heavy atom. The normalized spacial score (nSPS) is 18.3. The molecule has 15 heavy (non-hydrogen) atoms. The third-order valence-electron chi connectivity index (χ3n) is 2.28. The molecule has 0 saturated carbocycles. The summed E-state index contributed by atoms with van der Waals surface area (Å²) in [5.41, 5.74) is 0. The van der Waals surface area contributed by atoms with Crippen molar-refractivity contribution in [3.63, 3.8) is 0 Å². The molecule has 1 aliphatic heterocycles. The number of hydrogen-bond acceptors (Lipinski definition) is 4. The van der Waals surface area contributed by atoms with Gasteiger partial charge in [0.2, 0.25) is 11.8 Å². The molecule has 0 aliphatic carbocycles. The summed E-state index contributed by atoms with van der Waals surface area (Å²) in [5, 5.41) is 8.55. The molecule has 1 heterocycles. The first-order chi connectivity index (χ1) is 7.04. The molecular formula is C9H13NO5. The van der Waals surface area contributed by atoms with Crippen LogP contribution in [0.4, 0.5) is 0 Å². The van der Waals surface area contributed by atoms with E-state index in [0.29, 0.717) is 0 Å². The molecule has 0 spiro atoms. The van der Waals surface area contributed by atoms with Crippen molar-refractivity contribution < 1.29 is 24.2 Å². The molecule has 84 valence electrons. The van der Waals surface area contributed by atoms with Gasteiger partial charge in [-0.05, 0) is 0 Å². The molecule has 1 fully saturated rings. The highest BCUT2D eigenvalue weighted by atomic mass is 16.5. The van der Waals surface area contributed by atoms with E-state index < -0.39 is 12.1 Å². The number of rotatable bonds is 5. The summed E-state index contributed by atoms with van der Waals surface area (Å²) in [6, 6.07) is 0. The highest BCUT2D eigenvalue weighted by Crippen LogP contribution is 2.13. The Morgan fingerprint density at radius 2 is 2.00 bits per heavy atom. The van der Waals surface area contributed by atoms with Crippen LogP contribution in [0.2, 0.25) is 0 Å².